The fourth-order valence-electron chi connectivity index (χ4n) is 4.45. The van der Waals surface area contributed by atoms with Crippen molar-refractivity contribution < 1.29 is 34.1 Å². The van der Waals surface area contributed by atoms with Crippen LogP contribution in [0.3, 0.4) is 0 Å². The molecule has 11 heteroatoms. The van der Waals surface area contributed by atoms with Gasteiger partial charge in [-0.25, -0.2) is 0 Å². The van der Waals surface area contributed by atoms with Crippen molar-refractivity contribution in [1.29, 1.82) is 0 Å². The van der Waals surface area contributed by atoms with Gasteiger partial charge in [0.1, 0.15) is 0 Å². The zero-order valence-electron chi connectivity index (χ0n) is 24.2. The Hall–Kier alpha value is -4.35. The van der Waals surface area contributed by atoms with E-state index in [1.807, 2.05) is 0 Å². The summed E-state index contributed by atoms with van der Waals surface area (Å²) in [5.41, 5.74) is 7.43. The van der Waals surface area contributed by atoms with Crippen molar-refractivity contribution in [3.63, 3.8) is 0 Å². The molecule has 0 bridgehead atoms. The number of amides is 2. The van der Waals surface area contributed by atoms with Crippen molar-refractivity contribution in [3.05, 3.63) is 58.7 Å². The van der Waals surface area contributed by atoms with E-state index in [9.17, 15) is 24.6 Å². The Kier molecular flexibility index (Phi) is 12.4. The molecular weight excluding hydrogens is 540 g/mol. The summed E-state index contributed by atoms with van der Waals surface area (Å²) in [5.74, 6) is -0.267. The Morgan fingerprint density at radius 3 is 1.95 bits per heavy atom. The van der Waals surface area contributed by atoms with Gasteiger partial charge in [0, 0.05) is 43.6 Å². The second kappa shape index (κ2) is 16.2. The molecule has 1 aliphatic heterocycles. The molecule has 0 spiro atoms. The molecule has 1 fully saturated rings. The molecule has 2 aromatic rings. The van der Waals surface area contributed by atoms with Crippen LogP contribution in [0.15, 0.2) is 47.5 Å². The van der Waals surface area contributed by atoms with Crippen molar-refractivity contribution in [2.24, 2.45) is 5.73 Å². The number of phenolic OH excluding ortho intramolecular Hbond substituents is 2. The molecule has 226 valence electrons. The zero-order valence-corrected chi connectivity index (χ0v) is 24.2. The summed E-state index contributed by atoms with van der Waals surface area (Å²) in [6, 6.07) is 9.42. The molecule has 11 nitrogen and oxygen atoms in total. The molecule has 0 saturated carbocycles. The van der Waals surface area contributed by atoms with Gasteiger partial charge < -0.3 is 41.0 Å². The molecule has 0 unspecified atom stereocenters. The number of likely N-dealkylation sites (tertiary alicyclic amines) is 1. The van der Waals surface area contributed by atoms with Gasteiger partial charge in [-0.1, -0.05) is 12.1 Å². The molecule has 0 aliphatic carbocycles. The molecule has 0 radical (unpaired) electrons. The number of carbonyl (C=O) groups excluding carboxylic acids is 3. The van der Waals surface area contributed by atoms with Crippen LogP contribution in [0.5, 0.6) is 23.0 Å². The SMILES string of the molecule is COc1cc(/C=C2\CN(C(=O)CCC(=O)NCCCNCCCN)C/C(=C\c3ccc(O)c(OC)c3)C2=O)ccc1O. The second-order valence-corrected chi connectivity index (χ2v) is 9.88. The average Bonchev–Trinajstić information content (AvgIpc) is 2.99. The number of piperidine rings is 1. The zero-order chi connectivity index (χ0) is 30.5. The quantitative estimate of drug-likeness (QED) is 0.167. The molecule has 1 heterocycles. The first kappa shape index (κ1) is 32.2. The van der Waals surface area contributed by atoms with Crippen LogP contribution in [-0.4, -0.2) is 86.2 Å². The third-order valence-corrected chi connectivity index (χ3v) is 6.72. The molecule has 0 atom stereocenters. The first-order valence-corrected chi connectivity index (χ1v) is 13.9. The minimum absolute atomic E-state index is 0.00457. The van der Waals surface area contributed by atoms with Crippen LogP contribution >= 0.6 is 0 Å². The lowest BCUT2D eigenvalue weighted by atomic mass is 9.93. The fourth-order valence-corrected chi connectivity index (χ4v) is 4.45. The molecular formula is C31H40N4O7. The Bertz CT molecular complexity index is 1250. The second-order valence-electron chi connectivity index (χ2n) is 9.88. The largest absolute Gasteiger partial charge is 0.504 e. The van der Waals surface area contributed by atoms with Crippen molar-refractivity contribution in [1.82, 2.24) is 15.5 Å². The van der Waals surface area contributed by atoms with E-state index in [0.717, 1.165) is 25.9 Å². The normalized spacial score (nSPS) is 15.2. The Morgan fingerprint density at radius 2 is 1.43 bits per heavy atom. The molecule has 3 rings (SSSR count). The maximum atomic E-state index is 13.5. The van der Waals surface area contributed by atoms with Crippen LogP contribution in [0.25, 0.3) is 12.2 Å². The fraction of sp³-hybridized carbons (Fsp3) is 0.387. The number of hydrogen-bond donors (Lipinski definition) is 5. The molecule has 6 N–H and O–H groups in total. The number of benzene rings is 2. The molecule has 2 aromatic carbocycles. The van der Waals surface area contributed by atoms with Crippen molar-refractivity contribution >= 4 is 29.7 Å². The summed E-state index contributed by atoms with van der Waals surface area (Å²) in [6.45, 7) is 2.87. The van der Waals surface area contributed by atoms with Crippen LogP contribution in [0, 0.1) is 0 Å². The molecule has 2 amide bonds. The number of Topliss-reactive ketones (excluding diaryl/α,β-unsaturated/α-hetero) is 1. The summed E-state index contributed by atoms with van der Waals surface area (Å²) < 4.78 is 10.4. The number of nitrogens with zero attached hydrogens (tertiary/aromatic N) is 1. The molecule has 42 heavy (non-hydrogen) atoms. The van der Waals surface area contributed by atoms with Crippen molar-refractivity contribution in [2.75, 3.05) is 53.5 Å². The van der Waals surface area contributed by atoms with E-state index in [-0.39, 0.29) is 66.5 Å². The predicted octanol–water partition coefficient (Wildman–Crippen LogP) is 2.22. The molecule has 1 aliphatic rings. The summed E-state index contributed by atoms with van der Waals surface area (Å²) in [5, 5.41) is 26.0. The minimum atomic E-state index is -0.260. The van der Waals surface area contributed by atoms with Crippen molar-refractivity contribution in [3.8, 4) is 23.0 Å². The topological polar surface area (TPSA) is 163 Å². The summed E-state index contributed by atoms with van der Waals surface area (Å²) in [7, 11) is 2.86. The minimum Gasteiger partial charge on any atom is -0.504 e. The first-order chi connectivity index (χ1) is 20.2. The van der Waals surface area contributed by atoms with Gasteiger partial charge in [0.15, 0.2) is 28.8 Å². The van der Waals surface area contributed by atoms with E-state index >= 15 is 0 Å². The van der Waals surface area contributed by atoms with Crippen LogP contribution in [0.1, 0.15) is 36.8 Å². The van der Waals surface area contributed by atoms with Crippen molar-refractivity contribution in [2.45, 2.75) is 25.7 Å². The lowest BCUT2D eigenvalue weighted by Gasteiger charge is -2.30. The van der Waals surface area contributed by atoms with Gasteiger partial charge in [0.05, 0.1) is 14.2 Å². The first-order valence-electron chi connectivity index (χ1n) is 13.9. The number of ketones is 1. The number of aromatic hydroxyl groups is 2. The van der Waals surface area contributed by atoms with Gasteiger partial charge >= 0.3 is 0 Å². The maximum Gasteiger partial charge on any atom is 0.223 e. The van der Waals surface area contributed by atoms with E-state index in [4.69, 9.17) is 15.2 Å². The Labute approximate surface area is 246 Å². The Balaban J connectivity index is 1.74. The number of ether oxygens (including phenoxy) is 2. The number of phenols is 2. The highest BCUT2D eigenvalue weighted by molar-refractivity contribution is 6.15. The Morgan fingerprint density at radius 1 is 0.881 bits per heavy atom. The highest BCUT2D eigenvalue weighted by atomic mass is 16.5. The van der Waals surface area contributed by atoms with Crippen LogP contribution in [-0.2, 0) is 14.4 Å². The molecule has 0 aromatic heterocycles. The van der Waals surface area contributed by atoms with Gasteiger partial charge in [-0.05, 0) is 80.0 Å². The number of rotatable bonds is 14. The third-order valence-electron chi connectivity index (χ3n) is 6.72. The monoisotopic (exact) mass is 580 g/mol. The number of nitrogens with two attached hydrogens (primary N) is 1. The van der Waals surface area contributed by atoms with Crippen LogP contribution in [0.2, 0.25) is 0 Å². The van der Waals surface area contributed by atoms with Gasteiger partial charge in [-0.15, -0.1) is 0 Å². The van der Waals surface area contributed by atoms with Crippen LogP contribution in [0.4, 0.5) is 0 Å². The van der Waals surface area contributed by atoms with Gasteiger partial charge in [0.2, 0.25) is 11.8 Å². The summed E-state index contributed by atoms with van der Waals surface area (Å²) in [6.07, 6.45) is 5.01. The maximum absolute atomic E-state index is 13.5. The highest BCUT2D eigenvalue weighted by Gasteiger charge is 2.29. The summed E-state index contributed by atoms with van der Waals surface area (Å²) >= 11 is 0. The van der Waals surface area contributed by atoms with E-state index in [1.54, 1.807) is 41.3 Å². The number of hydrogen-bond acceptors (Lipinski definition) is 9. The lowest BCUT2D eigenvalue weighted by molar-refractivity contribution is -0.133. The smallest absolute Gasteiger partial charge is 0.223 e. The standard InChI is InChI=1S/C31H40N4O7/c1-41-27-17-21(5-7-25(27)36)15-23-19-35(30(39)10-9-29(38)34-14-4-13-33-12-3-11-32)20-24(31(23)40)16-22-6-8-26(37)28(18-22)42-2/h5-8,15-18,33,36-37H,3-4,9-14,19-20,32H2,1-2H3,(H,34,38)/b23-15+,24-16+. The third kappa shape index (κ3) is 9.35. The van der Waals surface area contributed by atoms with E-state index in [2.05, 4.69) is 10.6 Å². The lowest BCUT2D eigenvalue weighted by Crippen LogP contribution is -2.42. The van der Waals surface area contributed by atoms with Gasteiger partial charge in [-0.2, -0.15) is 0 Å². The van der Waals surface area contributed by atoms with E-state index in [0.29, 0.717) is 35.4 Å². The van der Waals surface area contributed by atoms with Crippen LogP contribution < -0.4 is 25.8 Å². The number of methoxy groups -OCH3 is 2. The van der Waals surface area contributed by atoms with E-state index in [1.165, 1.54) is 26.4 Å². The number of nitrogens with one attached hydrogen (secondary N) is 2. The number of carbonyl (C=O) groups is 3. The van der Waals surface area contributed by atoms with Gasteiger partial charge in [0.25, 0.3) is 0 Å². The summed E-state index contributed by atoms with van der Waals surface area (Å²) in [4.78, 5) is 40.6. The predicted molar refractivity (Wildman–Crippen MR) is 160 cm³/mol. The molecule has 1 saturated heterocycles. The van der Waals surface area contributed by atoms with Gasteiger partial charge in [-0.3, -0.25) is 14.4 Å². The average molecular weight is 581 g/mol. The highest BCUT2D eigenvalue weighted by Crippen LogP contribution is 2.30. The van der Waals surface area contributed by atoms with E-state index < -0.39 is 0 Å².